The molecule has 0 aliphatic rings. The number of pyridine rings is 1. The molecule has 1 aromatic carbocycles. The van der Waals surface area contributed by atoms with Crippen molar-refractivity contribution >= 4 is 27.5 Å². The van der Waals surface area contributed by atoms with Crippen molar-refractivity contribution in [2.24, 2.45) is 5.73 Å². The summed E-state index contributed by atoms with van der Waals surface area (Å²) < 4.78 is 8.61. The summed E-state index contributed by atoms with van der Waals surface area (Å²) >= 11 is 3.45. The van der Waals surface area contributed by atoms with Gasteiger partial charge in [0.1, 0.15) is 6.04 Å². The number of aryl methyl sites for hydroxylation is 1. The van der Waals surface area contributed by atoms with Gasteiger partial charge in [-0.05, 0) is 53.0 Å². The van der Waals surface area contributed by atoms with Crippen LogP contribution in [-0.4, -0.2) is 33.2 Å². The largest absolute Gasteiger partial charge is 0.374 e. The number of amides is 1. The standard InChI is InChI=1S/C19H22BrN5O2/c1-12-5-3-4-6-14(12)10-27-11-16(22-19(26)13(2)21)18-24-23-17-8-7-15(20)9-25(17)18/h3-9,13,16H,10-11,21H2,1-2H3,(H,22,26). The number of benzene rings is 1. The highest BCUT2D eigenvalue weighted by molar-refractivity contribution is 9.10. The number of halogens is 1. The smallest absolute Gasteiger partial charge is 0.237 e. The Morgan fingerprint density at radius 3 is 2.81 bits per heavy atom. The van der Waals surface area contributed by atoms with E-state index in [0.29, 0.717) is 18.1 Å². The van der Waals surface area contributed by atoms with Crippen LogP contribution in [0, 0.1) is 6.92 Å². The normalized spacial score (nSPS) is 13.5. The first-order valence-electron chi connectivity index (χ1n) is 8.64. The summed E-state index contributed by atoms with van der Waals surface area (Å²) in [5.74, 6) is 0.316. The predicted octanol–water partition coefficient (Wildman–Crippen LogP) is 2.52. The van der Waals surface area contributed by atoms with E-state index in [4.69, 9.17) is 10.5 Å². The third kappa shape index (κ3) is 4.71. The minimum atomic E-state index is -0.630. The maximum atomic E-state index is 12.2. The number of fused-ring (bicyclic) bond motifs is 1. The van der Waals surface area contributed by atoms with E-state index in [9.17, 15) is 4.79 Å². The molecule has 0 aliphatic carbocycles. The van der Waals surface area contributed by atoms with Crippen LogP contribution in [0.4, 0.5) is 0 Å². The van der Waals surface area contributed by atoms with E-state index in [1.165, 1.54) is 0 Å². The summed E-state index contributed by atoms with van der Waals surface area (Å²) in [7, 11) is 0. The molecule has 0 spiro atoms. The van der Waals surface area contributed by atoms with E-state index in [1.807, 2.05) is 53.9 Å². The van der Waals surface area contributed by atoms with E-state index >= 15 is 0 Å². The second kappa shape index (κ2) is 8.60. The molecule has 7 nitrogen and oxygen atoms in total. The zero-order valence-corrected chi connectivity index (χ0v) is 16.8. The Morgan fingerprint density at radius 2 is 2.07 bits per heavy atom. The van der Waals surface area contributed by atoms with Crippen LogP contribution < -0.4 is 11.1 Å². The van der Waals surface area contributed by atoms with Crippen molar-refractivity contribution in [3.63, 3.8) is 0 Å². The molecule has 0 radical (unpaired) electrons. The van der Waals surface area contributed by atoms with Gasteiger partial charge in [-0.2, -0.15) is 0 Å². The summed E-state index contributed by atoms with van der Waals surface area (Å²) in [5, 5.41) is 11.3. The van der Waals surface area contributed by atoms with E-state index in [0.717, 1.165) is 15.6 Å². The third-order valence-corrected chi connectivity index (χ3v) is 4.71. The molecule has 0 bridgehead atoms. The van der Waals surface area contributed by atoms with Crippen LogP contribution in [0.2, 0.25) is 0 Å². The van der Waals surface area contributed by atoms with Crippen molar-refractivity contribution in [1.29, 1.82) is 0 Å². The summed E-state index contributed by atoms with van der Waals surface area (Å²) in [6, 6.07) is 10.7. The Bertz CT molecular complexity index is 941. The van der Waals surface area contributed by atoms with E-state index in [2.05, 4.69) is 31.4 Å². The summed E-state index contributed by atoms with van der Waals surface area (Å²) in [6.45, 7) is 4.37. The third-order valence-electron chi connectivity index (χ3n) is 4.24. The minimum Gasteiger partial charge on any atom is -0.374 e. The van der Waals surface area contributed by atoms with E-state index in [-0.39, 0.29) is 12.5 Å². The molecule has 3 aromatic rings. The Morgan fingerprint density at radius 1 is 1.30 bits per heavy atom. The lowest BCUT2D eigenvalue weighted by Gasteiger charge is -2.19. The molecule has 8 heteroatoms. The highest BCUT2D eigenvalue weighted by Crippen LogP contribution is 2.18. The molecule has 0 aliphatic heterocycles. The fourth-order valence-electron chi connectivity index (χ4n) is 2.66. The van der Waals surface area contributed by atoms with Crippen molar-refractivity contribution in [1.82, 2.24) is 19.9 Å². The Hall–Kier alpha value is -2.29. The van der Waals surface area contributed by atoms with Gasteiger partial charge in [0.2, 0.25) is 5.91 Å². The minimum absolute atomic E-state index is 0.250. The number of carbonyl (C=O) groups is 1. The first kappa shape index (κ1) is 19.5. The van der Waals surface area contributed by atoms with E-state index in [1.54, 1.807) is 6.92 Å². The number of nitrogens with two attached hydrogens (primary N) is 1. The van der Waals surface area contributed by atoms with E-state index < -0.39 is 12.1 Å². The zero-order valence-electron chi connectivity index (χ0n) is 15.2. The molecule has 3 rings (SSSR count). The lowest BCUT2D eigenvalue weighted by Crippen LogP contribution is -2.42. The second-order valence-electron chi connectivity index (χ2n) is 6.43. The SMILES string of the molecule is Cc1ccccc1COCC(NC(=O)C(C)N)c1nnc2ccc(Br)cn12. The van der Waals surface area contributed by atoms with Gasteiger partial charge in [-0.15, -0.1) is 10.2 Å². The van der Waals surface area contributed by atoms with Gasteiger partial charge in [-0.25, -0.2) is 0 Å². The fourth-order valence-corrected chi connectivity index (χ4v) is 3.00. The van der Waals surface area contributed by atoms with Crippen LogP contribution in [0.5, 0.6) is 0 Å². The lowest BCUT2D eigenvalue weighted by molar-refractivity contribution is -0.123. The fraction of sp³-hybridized carbons (Fsp3) is 0.316. The number of hydrogen-bond donors (Lipinski definition) is 2. The van der Waals surface area contributed by atoms with Crippen LogP contribution in [0.3, 0.4) is 0 Å². The predicted molar refractivity (Wildman–Crippen MR) is 106 cm³/mol. The Balaban J connectivity index is 1.81. The van der Waals surface area contributed by atoms with Crippen molar-refractivity contribution in [2.75, 3.05) is 6.61 Å². The average molecular weight is 432 g/mol. The molecule has 2 aromatic heterocycles. The first-order chi connectivity index (χ1) is 13.0. The number of ether oxygens (including phenoxy) is 1. The first-order valence-corrected chi connectivity index (χ1v) is 9.43. The molecule has 2 unspecified atom stereocenters. The maximum absolute atomic E-state index is 12.2. The summed E-state index contributed by atoms with van der Waals surface area (Å²) in [5.41, 5.74) is 8.66. The Labute approximate surface area is 166 Å². The van der Waals surface area contributed by atoms with Crippen molar-refractivity contribution in [3.8, 4) is 0 Å². The molecule has 2 atom stereocenters. The number of nitrogens with one attached hydrogen (secondary N) is 1. The average Bonchev–Trinajstić information content (AvgIpc) is 3.05. The van der Waals surface area contributed by atoms with Gasteiger partial charge in [0.25, 0.3) is 0 Å². The molecule has 0 saturated carbocycles. The summed E-state index contributed by atoms with van der Waals surface area (Å²) in [4.78, 5) is 12.2. The lowest BCUT2D eigenvalue weighted by atomic mass is 10.1. The molecule has 3 N–H and O–H groups in total. The highest BCUT2D eigenvalue weighted by atomic mass is 79.9. The maximum Gasteiger partial charge on any atom is 0.237 e. The molecule has 142 valence electrons. The van der Waals surface area contributed by atoms with Crippen LogP contribution in [-0.2, 0) is 16.1 Å². The van der Waals surface area contributed by atoms with Crippen LogP contribution in [0.1, 0.15) is 29.9 Å². The topological polar surface area (TPSA) is 94.5 Å². The van der Waals surface area contributed by atoms with Gasteiger partial charge in [0.15, 0.2) is 11.5 Å². The van der Waals surface area contributed by atoms with Crippen molar-refractivity contribution in [2.45, 2.75) is 32.5 Å². The molecule has 2 heterocycles. The van der Waals surface area contributed by atoms with Crippen LogP contribution >= 0.6 is 15.9 Å². The molecule has 0 saturated heterocycles. The van der Waals surface area contributed by atoms with Gasteiger partial charge >= 0.3 is 0 Å². The molecule has 1 amide bonds. The Kier molecular flexibility index (Phi) is 6.20. The molecular weight excluding hydrogens is 410 g/mol. The van der Waals surface area contributed by atoms with Crippen LogP contribution in [0.15, 0.2) is 47.1 Å². The van der Waals surface area contributed by atoms with Gasteiger partial charge in [-0.1, -0.05) is 24.3 Å². The number of aromatic nitrogens is 3. The monoisotopic (exact) mass is 431 g/mol. The van der Waals surface area contributed by atoms with Crippen molar-refractivity contribution in [3.05, 3.63) is 64.0 Å². The number of nitrogens with zero attached hydrogens (tertiary/aromatic N) is 3. The number of hydrogen-bond acceptors (Lipinski definition) is 5. The van der Waals surface area contributed by atoms with Gasteiger partial charge in [-0.3, -0.25) is 9.20 Å². The number of rotatable bonds is 7. The number of carbonyl (C=O) groups excluding carboxylic acids is 1. The second-order valence-corrected chi connectivity index (χ2v) is 7.34. The van der Waals surface area contributed by atoms with Gasteiger partial charge in [0, 0.05) is 10.7 Å². The molecular formula is C19H22BrN5O2. The van der Waals surface area contributed by atoms with Crippen LogP contribution in [0.25, 0.3) is 5.65 Å². The van der Waals surface area contributed by atoms with Gasteiger partial charge in [0.05, 0.1) is 19.3 Å². The van der Waals surface area contributed by atoms with Crippen molar-refractivity contribution < 1.29 is 9.53 Å². The molecule has 27 heavy (non-hydrogen) atoms. The van der Waals surface area contributed by atoms with Gasteiger partial charge < -0.3 is 15.8 Å². The summed E-state index contributed by atoms with van der Waals surface area (Å²) in [6.07, 6.45) is 1.86. The quantitative estimate of drug-likeness (QED) is 0.599. The highest BCUT2D eigenvalue weighted by Gasteiger charge is 2.22. The molecule has 0 fully saturated rings. The zero-order chi connectivity index (χ0) is 19.4.